The van der Waals surface area contributed by atoms with E-state index in [1.807, 2.05) is 31.2 Å². The fourth-order valence-electron chi connectivity index (χ4n) is 2.77. The van der Waals surface area contributed by atoms with Gasteiger partial charge in [-0.1, -0.05) is 26.0 Å². The molecule has 1 aromatic carbocycles. The van der Waals surface area contributed by atoms with Crippen molar-refractivity contribution in [3.8, 4) is 5.75 Å². The van der Waals surface area contributed by atoms with Gasteiger partial charge in [-0.05, 0) is 30.7 Å². The Morgan fingerprint density at radius 1 is 1.17 bits per heavy atom. The fraction of sp³-hybridized carbons (Fsp3) is 0.400. The van der Waals surface area contributed by atoms with E-state index >= 15 is 0 Å². The van der Waals surface area contributed by atoms with Crippen molar-refractivity contribution in [3.05, 3.63) is 58.5 Å². The summed E-state index contributed by atoms with van der Waals surface area (Å²) < 4.78 is 33.2. The van der Waals surface area contributed by atoms with Crippen LogP contribution in [0.3, 0.4) is 0 Å². The first-order valence-electron chi connectivity index (χ1n) is 9.44. The molecule has 0 bridgehead atoms. The quantitative estimate of drug-likeness (QED) is 0.585. The second-order valence-electron chi connectivity index (χ2n) is 6.44. The van der Waals surface area contributed by atoms with Gasteiger partial charge in [0.05, 0.1) is 11.4 Å². The van der Waals surface area contributed by atoms with Crippen LogP contribution in [0, 0.1) is 6.92 Å². The van der Waals surface area contributed by atoms with Crippen LogP contribution >= 0.6 is 0 Å². The number of ether oxygens (including phenoxy) is 1. The highest BCUT2D eigenvalue weighted by molar-refractivity contribution is 7.89. The Labute approximate surface area is 171 Å². The van der Waals surface area contributed by atoms with Gasteiger partial charge in [0.1, 0.15) is 18.9 Å². The van der Waals surface area contributed by atoms with Crippen LogP contribution in [0.5, 0.6) is 5.75 Å². The molecule has 0 saturated carbocycles. The van der Waals surface area contributed by atoms with Crippen molar-refractivity contribution in [3.63, 3.8) is 0 Å². The second-order valence-corrected chi connectivity index (χ2v) is 8.37. The summed E-state index contributed by atoms with van der Waals surface area (Å²) in [6.45, 7) is 6.34. The maximum absolute atomic E-state index is 12.6. The van der Waals surface area contributed by atoms with Gasteiger partial charge in [0.2, 0.25) is 15.9 Å². The Bertz CT molecular complexity index is 997. The lowest BCUT2D eigenvalue weighted by atomic mass is 10.2. The van der Waals surface area contributed by atoms with Crippen LogP contribution in [0.25, 0.3) is 0 Å². The van der Waals surface area contributed by atoms with E-state index in [1.165, 1.54) is 16.6 Å². The van der Waals surface area contributed by atoms with Gasteiger partial charge in [-0.3, -0.25) is 9.59 Å². The van der Waals surface area contributed by atoms with E-state index in [2.05, 4.69) is 5.32 Å². The molecule has 0 atom stereocenters. The molecule has 2 aromatic rings. The van der Waals surface area contributed by atoms with E-state index < -0.39 is 21.5 Å². The molecule has 1 aromatic heterocycles. The van der Waals surface area contributed by atoms with Crippen LogP contribution in [-0.4, -0.2) is 49.4 Å². The Morgan fingerprint density at radius 3 is 2.55 bits per heavy atom. The van der Waals surface area contributed by atoms with Crippen LogP contribution in [-0.2, 0) is 21.4 Å². The number of nitrogens with one attached hydrogen (secondary N) is 1. The van der Waals surface area contributed by atoms with Gasteiger partial charge in [0.25, 0.3) is 5.56 Å². The summed E-state index contributed by atoms with van der Waals surface area (Å²) in [5.74, 6) is 0.308. The molecule has 0 spiro atoms. The topological polar surface area (TPSA) is 97.7 Å². The lowest BCUT2D eigenvalue weighted by Crippen LogP contribution is -2.35. The van der Waals surface area contributed by atoms with Crippen molar-refractivity contribution in [2.24, 2.45) is 0 Å². The van der Waals surface area contributed by atoms with Gasteiger partial charge in [-0.2, -0.15) is 4.31 Å². The monoisotopic (exact) mass is 421 g/mol. The van der Waals surface area contributed by atoms with Gasteiger partial charge < -0.3 is 14.6 Å². The number of aryl methyl sites for hydroxylation is 1. The summed E-state index contributed by atoms with van der Waals surface area (Å²) in [6, 6.07) is 9.99. The highest BCUT2D eigenvalue weighted by Gasteiger charge is 2.22. The van der Waals surface area contributed by atoms with Gasteiger partial charge in [0.15, 0.2) is 0 Å². The number of pyridine rings is 1. The zero-order valence-electron chi connectivity index (χ0n) is 16.9. The smallest absolute Gasteiger partial charge is 0.251 e. The third-order valence-corrected chi connectivity index (χ3v) is 6.33. The number of rotatable bonds is 10. The number of nitrogens with zero attached hydrogens (tertiary/aromatic N) is 2. The molecule has 0 saturated heterocycles. The SMILES string of the molecule is CCN(CC)S(=O)(=O)c1ccc(=O)n(CC(=O)NCCOc2cccc(C)c2)c1. The number of aromatic nitrogens is 1. The molecule has 0 radical (unpaired) electrons. The Hall–Kier alpha value is -2.65. The summed E-state index contributed by atoms with van der Waals surface area (Å²) in [5, 5.41) is 2.66. The zero-order chi connectivity index (χ0) is 21.4. The minimum absolute atomic E-state index is 0.0172. The molecule has 1 N–H and O–H groups in total. The fourth-order valence-corrected chi connectivity index (χ4v) is 4.25. The first kappa shape index (κ1) is 22.6. The molecule has 158 valence electrons. The first-order chi connectivity index (χ1) is 13.8. The van der Waals surface area contributed by atoms with Crippen molar-refractivity contribution in [1.82, 2.24) is 14.2 Å². The van der Waals surface area contributed by atoms with Crippen molar-refractivity contribution >= 4 is 15.9 Å². The summed E-state index contributed by atoms with van der Waals surface area (Å²) in [5.41, 5.74) is 0.625. The molecular formula is C20H27N3O5S. The van der Waals surface area contributed by atoms with Crippen LogP contribution in [0.15, 0.2) is 52.3 Å². The summed E-state index contributed by atoms with van der Waals surface area (Å²) in [4.78, 5) is 24.2. The number of benzene rings is 1. The molecule has 0 fully saturated rings. The summed E-state index contributed by atoms with van der Waals surface area (Å²) in [6.07, 6.45) is 1.21. The predicted molar refractivity (Wildman–Crippen MR) is 110 cm³/mol. The van der Waals surface area contributed by atoms with Crippen molar-refractivity contribution in [2.75, 3.05) is 26.2 Å². The summed E-state index contributed by atoms with van der Waals surface area (Å²) >= 11 is 0. The van der Waals surface area contributed by atoms with Crippen LogP contribution in [0.4, 0.5) is 0 Å². The maximum atomic E-state index is 12.6. The highest BCUT2D eigenvalue weighted by atomic mass is 32.2. The van der Waals surface area contributed by atoms with Crippen molar-refractivity contribution in [2.45, 2.75) is 32.2 Å². The molecule has 0 aliphatic rings. The number of hydrogen-bond donors (Lipinski definition) is 1. The van der Waals surface area contributed by atoms with E-state index in [0.717, 1.165) is 16.2 Å². The van der Waals surface area contributed by atoms with E-state index in [4.69, 9.17) is 4.74 Å². The number of carbonyl (C=O) groups is 1. The zero-order valence-corrected chi connectivity index (χ0v) is 17.7. The lowest BCUT2D eigenvalue weighted by molar-refractivity contribution is -0.121. The third kappa shape index (κ3) is 6.16. The molecule has 1 heterocycles. The molecule has 1 amide bonds. The molecule has 0 aliphatic heterocycles. The van der Waals surface area contributed by atoms with E-state index in [1.54, 1.807) is 13.8 Å². The molecule has 8 nitrogen and oxygen atoms in total. The Balaban J connectivity index is 1.97. The molecule has 2 rings (SSSR count). The maximum Gasteiger partial charge on any atom is 0.251 e. The lowest BCUT2D eigenvalue weighted by Gasteiger charge is -2.19. The first-order valence-corrected chi connectivity index (χ1v) is 10.9. The van der Waals surface area contributed by atoms with Crippen molar-refractivity contribution < 1.29 is 17.9 Å². The molecule has 29 heavy (non-hydrogen) atoms. The van der Waals surface area contributed by atoms with Crippen molar-refractivity contribution in [1.29, 1.82) is 0 Å². The number of amides is 1. The standard InChI is InChI=1S/C20H27N3O5S/c1-4-23(5-2)29(26,27)18-9-10-20(25)22(14-18)15-19(24)21-11-12-28-17-8-6-7-16(3)13-17/h6-10,13-14H,4-5,11-12,15H2,1-3H3,(H,21,24). The van der Waals surface area contributed by atoms with Gasteiger partial charge in [-0.15, -0.1) is 0 Å². The van der Waals surface area contributed by atoms with Crippen LogP contribution in [0.1, 0.15) is 19.4 Å². The average Bonchev–Trinajstić information content (AvgIpc) is 2.67. The normalized spacial score (nSPS) is 11.4. The molecule has 9 heteroatoms. The average molecular weight is 422 g/mol. The third-order valence-electron chi connectivity index (χ3n) is 4.30. The van der Waals surface area contributed by atoms with E-state index in [-0.39, 0.29) is 24.6 Å². The predicted octanol–water partition coefficient (Wildman–Crippen LogP) is 1.38. The second kappa shape index (κ2) is 10.2. The number of carbonyl (C=O) groups excluding carboxylic acids is 1. The van der Waals surface area contributed by atoms with Gasteiger partial charge >= 0.3 is 0 Å². The molecular weight excluding hydrogens is 394 g/mol. The van der Waals surface area contributed by atoms with E-state index in [9.17, 15) is 18.0 Å². The number of sulfonamides is 1. The van der Waals surface area contributed by atoms with E-state index in [0.29, 0.717) is 18.8 Å². The minimum Gasteiger partial charge on any atom is -0.492 e. The minimum atomic E-state index is -3.71. The van der Waals surface area contributed by atoms with Crippen LogP contribution < -0.4 is 15.6 Å². The molecule has 0 unspecified atom stereocenters. The van der Waals surface area contributed by atoms with Crippen LogP contribution in [0.2, 0.25) is 0 Å². The van der Waals surface area contributed by atoms with Gasteiger partial charge in [-0.25, -0.2) is 8.42 Å². The Morgan fingerprint density at radius 2 is 1.90 bits per heavy atom. The van der Waals surface area contributed by atoms with Gasteiger partial charge in [0, 0.05) is 25.4 Å². The largest absolute Gasteiger partial charge is 0.492 e. The number of hydrogen-bond acceptors (Lipinski definition) is 5. The Kier molecular flexibility index (Phi) is 7.98. The summed E-state index contributed by atoms with van der Waals surface area (Å²) in [7, 11) is -3.71. The highest BCUT2D eigenvalue weighted by Crippen LogP contribution is 2.14. The molecule has 0 aliphatic carbocycles.